The first kappa shape index (κ1) is 10.5. The van der Waals surface area contributed by atoms with Crippen LogP contribution in [0.2, 0.25) is 0 Å². The number of hydrogen-bond donors (Lipinski definition) is 1. The lowest BCUT2D eigenvalue weighted by Gasteiger charge is -2.22. The largest absolute Gasteiger partial charge is 0.379 e. The number of carbonyl (C=O) groups excluding carboxylic acids is 1. The van der Waals surface area contributed by atoms with E-state index in [2.05, 4.69) is 0 Å². The summed E-state index contributed by atoms with van der Waals surface area (Å²) in [7, 11) is 0. The third-order valence-electron chi connectivity index (χ3n) is 2.30. The Morgan fingerprint density at radius 1 is 1.62 bits per heavy atom. The van der Waals surface area contributed by atoms with Crippen LogP contribution in [0.15, 0.2) is 0 Å². The van der Waals surface area contributed by atoms with Crippen molar-refractivity contribution in [2.75, 3.05) is 26.3 Å². The van der Waals surface area contributed by atoms with Gasteiger partial charge in [-0.1, -0.05) is 6.92 Å². The summed E-state index contributed by atoms with van der Waals surface area (Å²) in [5, 5.41) is 0. The SMILES string of the molecule is CCC(N)CN1CCOCCC1=O. The molecule has 4 nitrogen and oxygen atoms in total. The van der Waals surface area contributed by atoms with Crippen LogP contribution in [0.4, 0.5) is 0 Å². The van der Waals surface area contributed by atoms with Gasteiger partial charge in [-0.05, 0) is 6.42 Å². The Bertz CT molecular complexity index is 173. The fraction of sp³-hybridized carbons (Fsp3) is 0.889. The molecule has 0 radical (unpaired) electrons. The van der Waals surface area contributed by atoms with Crippen molar-refractivity contribution in [2.24, 2.45) is 5.73 Å². The molecular weight excluding hydrogens is 168 g/mol. The van der Waals surface area contributed by atoms with Crippen LogP contribution in [0.1, 0.15) is 19.8 Å². The molecule has 0 spiro atoms. The summed E-state index contributed by atoms with van der Waals surface area (Å²) in [5.41, 5.74) is 5.78. The Morgan fingerprint density at radius 3 is 3.08 bits per heavy atom. The van der Waals surface area contributed by atoms with Gasteiger partial charge >= 0.3 is 0 Å². The van der Waals surface area contributed by atoms with Crippen molar-refractivity contribution < 1.29 is 9.53 Å². The van der Waals surface area contributed by atoms with E-state index in [4.69, 9.17) is 10.5 Å². The van der Waals surface area contributed by atoms with Crippen LogP contribution in [-0.2, 0) is 9.53 Å². The first-order chi connectivity index (χ1) is 6.24. The summed E-state index contributed by atoms with van der Waals surface area (Å²) in [5.74, 6) is 0.168. The van der Waals surface area contributed by atoms with Gasteiger partial charge in [-0.2, -0.15) is 0 Å². The smallest absolute Gasteiger partial charge is 0.225 e. The summed E-state index contributed by atoms with van der Waals surface area (Å²) in [4.78, 5) is 13.3. The second-order valence-corrected chi connectivity index (χ2v) is 3.37. The van der Waals surface area contributed by atoms with Crippen molar-refractivity contribution in [1.29, 1.82) is 0 Å². The predicted molar refractivity (Wildman–Crippen MR) is 50.3 cm³/mol. The molecule has 0 aromatic heterocycles. The summed E-state index contributed by atoms with van der Waals surface area (Å²) in [6.07, 6.45) is 1.40. The minimum Gasteiger partial charge on any atom is -0.379 e. The second kappa shape index (κ2) is 5.19. The molecule has 0 saturated carbocycles. The molecule has 1 fully saturated rings. The zero-order valence-electron chi connectivity index (χ0n) is 8.16. The maximum atomic E-state index is 11.5. The van der Waals surface area contributed by atoms with Crippen LogP contribution in [0, 0.1) is 0 Å². The first-order valence-corrected chi connectivity index (χ1v) is 4.85. The number of carbonyl (C=O) groups is 1. The Balaban J connectivity index is 2.40. The van der Waals surface area contributed by atoms with Crippen LogP contribution < -0.4 is 5.73 Å². The van der Waals surface area contributed by atoms with Gasteiger partial charge in [0.05, 0.1) is 19.6 Å². The molecule has 4 heteroatoms. The van der Waals surface area contributed by atoms with E-state index in [1.807, 2.05) is 6.92 Å². The molecule has 0 aromatic carbocycles. The van der Waals surface area contributed by atoms with Crippen molar-refractivity contribution in [3.8, 4) is 0 Å². The van der Waals surface area contributed by atoms with E-state index in [9.17, 15) is 4.79 Å². The van der Waals surface area contributed by atoms with Crippen molar-refractivity contribution in [1.82, 2.24) is 4.90 Å². The second-order valence-electron chi connectivity index (χ2n) is 3.37. The average molecular weight is 186 g/mol. The minimum atomic E-state index is 0.0991. The molecule has 2 N–H and O–H groups in total. The third kappa shape index (κ3) is 3.32. The number of ether oxygens (including phenoxy) is 1. The van der Waals surface area contributed by atoms with Crippen LogP contribution in [0.3, 0.4) is 0 Å². The van der Waals surface area contributed by atoms with Crippen LogP contribution >= 0.6 is 0 Å². The molecule has 0 aromatic rings. The fourth-order valence-electron chi connectivity index (χ4n) is 1.32. The highest BCUT2D eigenvalue weighted by atomic mass is 16.5. The lowest BCUT2D eigenvalue weighted by atomic mass is 10.2. The van der Waals surface area contributed by atoms with E-state index in [1.165, 1.54) is 0 Å². The topological polar surface area (TPSA) is 55.6 Å². The Labute approximate surface area is 79.0 Å². The predicted octanol–water partition coefficient (Wildman–Crippen LogP) is -0.0274. The van der Waals surface area contributed by atoms with Gasteiger partial charge in [0, 0.05) is 19.1 Å². The molecule has 1 rings (SSSR count). The molecule has 1 amide bonds. The van der Waals surface area contributed by atoms with Crippen LogP contribution in [0.5, 0.6) is 0 Å². The Morgan fingerprint density at radius 2 is 2.38 bits per heavy atom. The number of nitrogens with two attached hydrogens (primary N) is 1. The monoisotopic (exact) mass is 186 g/mol. The highest BCUT2D eigenvalue weighted by Gasteiger charge is 2.18. The molecule has 13 heavy (non-hydrogen) atoms. The maximum Gasteiger partial charge on any atom is 0.225 e. The lowest BCUT2D eigenvalue weighted by molar-refractivity contribution is -0.130. The van der Waals surface area contributed by atoms with Crippen molar-refractivity contribution in [3.05, 3.63) is 0 Å². The Kier molecular flexibility index (Phi) is 4.18. The zero-order chi connectivity index (χ0) is 9.68. The lowest BCUT2D eigenvalue weighted by Crippen LogP contribution is -2.41. The van der Waals surface area contributed by atoms with Crippen LogP contribution in [-0.4, -0.2) is 43.2 Å². The van der Waals surface area contributed by atoms with Gasteiger partial charge in [0.25, 0.3) is 0 Å². The van der Waals surface area contributed by atoms with E-state index in [0.717, 1.165) is 6.42 Å². The minimum absolute atomic E-state index is 0.0991. The van der Waals surface area contributed by atoms with Gasteiger partial charge in [0.15, 0.2) is 0 Å². The quantitative estimate of drug-likeness (QED) is 0.673. The summed E-state index contributed by atoms with van der Waals surface area (Å²) < 4.78 is 5.21. The van der Waals surface area contributed by atoms with E-state index in [1.54, 1.807) is 4.90 Å². The van der Waals surface area contributed by atoms with Gasteiger partial charge in [0.1, 0.15) is 0 Å². The van der Waals surface area contributed by atoms with Crippen molar-refractivity contribution in [2.45, 2.75) is 25.8 Å². The number of amides is 1. The van der Waals surface area contributed by atoms with E-state index in [-0.39, 0.29) is 11.9 Å². The van der Waals surface area contributed by atoms with E-state index < -0.39 is 0 Å². The van der Waals surface area contributed by atoms with Gasteiger partial charge in [-0.25, -0.2) is 0 Å². The van der Waals surface area contributed by atoms with E-state index >= 15 is 0 Å². The van der Waals surface area contributed by atoms with Gasteiger partial charge in [-0.15, -0.1) is 0 Å². The number of rotatable bonds is 3. The average Bonchev–Trinajstić information content (AvgIpc) is 2.32. The molecule has 1 unspecified atom stereocenters. The molecule has 1 aliphatic heterocycles. The van der Waals surface area contributed by atoms with Crippen molar-refractivity contribution in [3.63, 3.8) is 0 Å². The molecule has 0 bridgehead atoms. The first-order valence-electron chi connectivity index (χ1n) is 4.85. The highest BCUT2D eigenvalue weighted by Crippen LogP contribution is 2.02. The van der Waals surface area contributed by atoms with Gasteiger partial charge < -0.3 is 15.4 Å². The van der Waals surface area contributed by atoms with Gasteiger partial charge in [0.2, 0.25) is 5.91 Å². The highest BCUT2D eigenvalue weighted by molar-refractivity contribution is 5.76. The maximum absolute atomic E-state index is 11.5. The number of nitrogens with zero attached hydrogens (tertiary/aromatic N) is 1. The van der Waals surface area contributed by atoms with Crippen molar-refractivity contribution >= 4 is 5.91 Å². The number of hydrogen-bond acceptors (Lipinski definition) is 3. The van der Waals surface area contributed by atoms with Crippen LogP contribution in [0.25, 0.3) is 0 Å². The summed E-state index contributed by atoms with van der Waals surface area (Å²) >= 11 is 0. The zero-order valence-corrected chi connectivity index (χ0v) is 8.16. The molecule has 0 aliphatic carbocycles. The molecule has 76 valence electrons. The molecular formula is C9H18N2O2. The fourth-order valence-corrected chi connectivity index (χ4v) is 1.32. The molecule has 1 saturated heterocycles. The molecule has 1 heterocycles. The Hall–Kier alpha value is -0.610. The molecule has 1 aliphatic rings. The summed E-state index contributed by atoms with van der Waals surface area (Å²) in [6.45, 7) is 4.58. The third-order valence-corrected chi connectivity index (χ3v) is 2.30. The normalized spacial score (nSPS) is 21.4. The molecule has 1 atom stereocenters. The standard InChI is InChI=1S/C9H18N2O2/c1-2-8(10)7-11-4-6-13-5-3-9(11)12/h8H,2-7,10H2,1H3. The van der Waals surface area contributed by atoms with E-state index in [0.29, 0.717) is 32.7 Å². The summed E-state index contributed by atoms with van der Waals surface area (Å²) in [6, 6.07) is 0.0991. The van der Waals surface area contributed by atoms with Gasteiger partial charge in [-0.3, -0.25) is 4.79 Å².